The molecule has 0 amide bonds. The Hall–Kier alpha value is -8.58. The maximum absolute atomic E-state index is 6.28. The zero-order chi connectivity index (χ0) is 43.0. The topological polar surface area (TPSA) is 37.2 Å². The third kappa shape index (κ3) is 5.04. The van der Waals surface area contributed by atoms with E-state index in [0.717, 1.165) is 78.0 Å². The molecular formula is C60H35N3O2S. The first-order valence-electron chi connectivity index (χ1n) is 22.3. The Balaban J connectivity index is 0.974. The first-order valence-corrected chi connectivity index (χ1v) is 23.1. The van der Waals surface area contributed by atoms with Crippen LogP contribution in [0, 0.1) is 0 Å². The highest BCUT2D eigenvalue weighted by Crippen LogP contribution is 2.51. The molecule has 0 saturated heterocycles. The third-order valence-electron chi connectivity index (χ3n) is 13.6. The molecule has 0 fully saturated rings. The first kappa shape index (κ1) is 35.8. The van der Waals surface area contributed by atoms with Gasteiger partial charge in [0.15, 0.2) is 0 Å². The molecule has 0 aliphatic carbocycles. The largest absolute Gasteiger partial charge is 0.456 e. The zero-order valence-corrected chi connectivity index (χ0v) is 36.1. The summed E-state index contributed by atoms with van der Waals surface area (Å²) in [6.07, 6.45) is 0. The molecule has 10 aromatic carbocycles. The summed E-state index contributed by atoms with van der Waals surface area (Å²) in [6.45, 7) is 0. The number of hydrogen-bond donors (Lipinski definition) is 0. The molecule has 0 unspecified atom stereocenters. The lowest BCUT2D eigenvalue weighted by Gasteiger charge is -2.25. The van der Waals surface area contributed by atoms with E-state index in [1.807, 2.05) is 35.6 Å². The van der Waals surface area contributed by atoms with Gasteiger partial charge in [-0.25, -0.2) is 0 Å². The fraction of sp³-hybridized carbons (Fsp3) is 0. The van der Waals surface area contributed by atoms with Gasteiger partial charge in [0.25, 0.3) is 0 Å². The summed E-state index contributed by atoms with van der Waals surface area (Å²) < 4.78 is 17.7. The van der Waals surface area contributed by atoms with E-state index in [-0.39, 0.29) is 0 Å². The molecule has 0 radical (unpaired) electrons. The molecule has 66 heavy (non-hydrogen) atoms. The standard InChI is InChI=1S/C60H35N3O2S/c1-3-14-37(15-4-1)61(39-25-29-54-48(32-39)45-19-9-11-21-52(45)64-54)41-23-27-44-50-31-36-13-7-8-18-43(36)57-58(50)63(51(44)34-41)59-47-28-24-42(35-56(47)66-60(57)59)62(38-16-5-2-6-17-38)40-26-30-55-49(33-40)46-20-10-12-22-53(46)65-55/h1-35H. The average molecular weight is 862 g/mol. The number of fused-ring (bicyclic) bond motifs is 16. The highest BCUT2D eigenvalue weighted by atomic mass is 32.1. The first-order chi connectivity index (χ1) is 32.7. The van der Waals surface area contributed by atoms with Gasteiger partial charge in [-0.2, -0.15) is 0 Å². The number of nitrogens with zero attached hydrogens (tertiary/aromatic N) is 3. The third-order valence-corrected chi connectivity index (χ3v) is 14.8. The minimum atomic E-state index is 0.883. The summed E-state index contributed by atoms with van der Waals surface area (Å²) in [4.78, 5) is 4.74. The maximum Gasteiger partial charge on any atom is 0.135 e. The maximum atomic E-state index is 6.28. The second kappa shape index (κ2) is 13.5. The smallest absolute Gasteiger partial charge is 0.135 e. The number of benzene rings is 10. The van der Waals surface area contributed by atoms with Gasteiger partial charge in [0, 0.05) is 81.9 Å². The quantitative estimate of drug-likeness (QED) is 0.167. The van der Waals surface area contributed by atoms with Crippen LogP contribution in [-0.4, -0.2) is 4.40 Å². The highest BCUT2D eigenvalue weighted by Gasteiger charge is 2.26. The molecule has 15 aromatic rings. The zero-order valence-electron chi connectivity index (χ0n) is 35.3. The van der Waals surface area contributed by atoms with Crippen LogP contribution in [-0.2, 0) is 0 Å². The summed E-state index contributed by atoms with van der Waals surface area (Å²) in [5, 5.41) is 12.0. The molecule has 6 heteroatoms. The van der Waals surface area contributed by atoms with Crippen LogP contribution in [0.2, 0.25) is 0 Å². The number of aromatic nitrogens is 1. The average Bonchev–Trinajstić information content (AvgIpc) is 4.18. The Labute approximate surface area is 381 Å². The van der Waals surface area contributed by atoms with Crippen LogP contribution in [0.1, 0.15) is 0 Å². The molecular weight excluding hydrogens is 827 g/mol. The highest BCUT2D eigenvalue weighted by molar-refractivity contribution is 7.27. The lowest BCUT2D eigenvalue weighted by atomic mass is 10.0. The van der Waals surface area contributed by atoms with Crippen molar-refractivity contribution in [2.24, 2.45) is 0 Å². The van der Waals surface area contributed by atoms with Crippen molar-refractivity contribution in [3.63, 3.8) is 0 Å². The van der Waals surface area contributed by atoms with E-state index in [0.29, 0.717) is 0 Å². The number of rotatable bonds is 6. The van der Waals surface area contributed by atoms with Crippen molar-refractivity contribution in [1.29, 1.82) is 0 Å². The summed E-state index contributed by atoms with van der Waals surface area (Å²) in [5.41, 5.74) is 13.8. The monoisotopic (exact) mass is 861 g/mol. The predicted octanol–water partition coefficient (Wildman–Crippen LogP) is 17.9. The van der Waals surface area contributed by atoms with Crippen LogP contribution < -0.4 is 9.80 Å². The van der Waals surface area contributed by atoms with Crippen molar-refractivity contribution in [1.82, 2.24) is 4.40 Å². The van der Waals surface area contributed by atoms with Crippen molar-refractivity contribution in [3.05, 3.63) is 212 Å². The molecule has 5 heterocycles. The van der Waals surface area contributed by atoms with Crippen LogP contribution in [0.4, 0.5) is 34.1 Å². The normalized spacial score (nSPS) is 12.2. The molecule has 0 aliphatic heterocycles. The molecule has 15 rings (SSSR count). The minimum absolute atomic E-state index is 0.883. The number of para-hydroxylation sites is 4. The van der Waals surface area contributed by atoms with Crippen LogP contribution >= 0.6 is 11.3 Å². The van der Waals surface area contributed by atoms with E-state index in [1.54, 1.807) is 0 Å². The van der Waals surface area contributed by atoms with E-state index >= 15 is 0 Å². The fourth-order valence-electron chi connectivity index (χ4n) is 10.8. The molecule has 0 spiro atoms. The van der Waals surface area contributed by atoms with Gasteiger partial charge in [-0.15, -0.1) is 11.3 Å². The molecule has 0 bridgehead atoms. The van der Waals surface area contributed by atoms with E-state index in [2.05, 4.69) is 202 Å². The van der Waals surface area contributed by atoms with Gasteiger partial charge in [0.05, 0.1) is 21.3 Å². The van der Waals surface area contributed by atoms with Crippen molar-refractivity contribution < 1.29 is 8.83 Å². The Morgan fingerprint density at radius 3 is 1.47 bits per heavy atom. The van der Waals surface area contributed by atoms with Gasteiger partial charge in [0.2, 0.25) is 0 Å². The molecule has 0 N–H and O–H groups in total. The molecule has 5 nitrogen and oxygen atoms in total. The van der Waals surface area contributed by atoms with Crippen LogP contribution in [0.25, 0.3) is 102 Å². The van der Waals surface area contributed by atoms with Gasteiger partial charge in [-0.1, -0.05) is 103 Å². The van der Waals surface area contributed by atoms with Gasteiger partial charge in [0.1, 0.15) is 22.3 Å². The van der Waals surface area contributed by atoms with Crippen LogP contribution in [0.5, 0.6) is 0 Å². The van der Waals surface area contributed by atoms with Crippen molar-refractivity contribution in [2.45, 2.75) is 0 Å². The van der Waals surface area contributed by atoms with Crippen molar-refractivity contribution >= 4 is 148 Å². The van der Waals surface area contributed by atoms with E-state index in [9.17, 15) is 0 Å². The summed E-state index contributed by atoms with van der Waals surface area (Å²) in [6, 6.07) is 76.4. The predicted molar refractivity (Wildman–Crippen MR) is 278 cm³/mol. The summed E-state index contributed by atoms with van der Waals surface area (Å²) >= 11 is 1.90. The second-order valence-corrected chi connectivity index (χ2v) is 18.3. The number of anilines is 6. The van der Waals surface area contributed by atoms with E-state index in [4.69, 9.17) is 8.83 Å². The number of hydrogen-bond acceptors (Lipinski definition) is 5. The SMILES string of the molecule is c1ccc(N(c2ccc3c(c2)sc2c4c5ccccc5cc5c6ccc(N(c7ccccc7)c7ccc8oc9ccccc9c8c7)cc6n(c32)c54)c2ccc3oc4ccccc4c3c2)cc1. The van der Waals surface area contributed by atoms with Gasteiger partial charge in [-0.05, 0) is 120 Å². The second-order valence-electron chi connectivity index (χ2n) is 17.3. The lowest BCUT2D eigenvalue weighted by molar-refractivity contribution is 0.668. The Kier molecular flexibility index (Phi) is 7.31. The van der Waals surface area contributed by atoms with Gasteiger partial charge >= 0.3 is 0 Å². The Morgan fingerprint density at radius 1 is 0.333 bits per heavy atom. The van der Waals surface area contributed by atoms with Crippen LogP contribution in [0.3, 0.4) is 0 Å². The molecule has 308 valence electrons. The van der Waals surface area contributed by atoms with Crippen LogP contribution in [0.15, 0.2) is 221 Å². The fourth-order valence-corrected chi connectivity index (χ4v) is 12.1. The molecule has 0 atom stereocenters. The number of thiophene rings is 1. The lowest BCUT2D eigenvalue weighted by Crippen LogP contribution is -2.09. The molecule has 0 saturated carbocycles. The van der Waals surface area contributed by atoms with Gasteiger partial charge < -0.3 is 23.0 Å². The van der Waals surface area contributed by atoms with E-state index < -0.39 is 0 Å². The molecule has 0 aliphatic rings. The molecule has 5 aromatic heterocycles. The summed E-state index contributed by atoms with van der Waals surface area (Å²) in [5.74, 6) is 0. The van der Waals surface area contributed by atoms with Crippen molar-refractivity contribution in [2.75, 3.05) is 9.80 Å². The summed E-state index contributed by atoms with van der Waals surface area (Å²) in [7, 11) is 0. The minimum Gasteiger partial charge on any atom is -0.456 e. The van der Waals surface area contributed by atoms with E-state index in [1.165, 1.54) is 58.3 Å². The number of furan rings is 2. The van der Waals surface area contributed by atoms with Crippen molar-refractivity contribution in [3.8, 4) is 0 Å². The Morgan fingerprint density at radius 2 is 0.833 bits per heavy atom. The van der Waals surface area contributed by atoms with Gasteiger partial charge in [-0.3, -0.25) is 0 Å². The Bertz CT molecular complexity index is 4430.